The zero-order valence-electron chi connectivity index (χ0n) is 7.80. The first-order valence-electron chi connectivity index (χ1n) is 4.37. The molecule has 1 amide bonds. The van der Waals surface area contributed by atoms with Gasteiger partial charge < -0.3 is 10.0 Å². The molecular weight excluding hydrogens is 202 g/mol. The van der Waals surface area contributed by atoms with Gasteiger partial charge in [-0.2, -0.15) is 0 Å². The van der Waals surface area contributed by atoms with Crippen molar-refractivity contribution >= 4 is 17.4 Å². The van der Waals surface area contributed by atoms with Crippen LogP contribution in [0.15, 0.2) is 5.38 Å². The van der Waals surface area contributed by atoms with Crippen molar-refractivity contribution < 1.29 is 9.90 Å². The lowest BCUT2D eigenvalue weighted by Crippen LogP contribution is -2.34. The number of rotatable bonds is 1. The molecule has 1 aliphatic heterocycles. The number of aliphatic hydroxyl groups is 1. The van der Waals surface area contributed by atoms with Crippen molar-refractivity contribution in [3.8, 4) is 0 Å². The van der Waals surface area contributed by atoms with Gasteiger partial charge in [0.25, 0.3) is 5.91 Å². The third kappa shape index (κ3) is 1.76. The highest BCUT2D eigenvalue weighted by atomic mass is 32.1. The first-order chi connectivity index (χ1) is 6.58. The zero-order chi connectivity index (χ0) is 10.2. The van der Waals surface area contributed by atoms with Crippen molar-refractivity contribution in [1.29, 1.82) is 0 Å². The second-order valence-electron chi connectivity index (χ2n) is 3.76. The minimum absolute atomic E-state index is 0.142. The van der Waals surface area contributed by atoms with Crippen LogP contribution in [0.4, 0.5) is 0 Å². The molecule has 2 rings (SSSR count). The van der Waals surface area contributed by atoms with Gasteiger partial charge in [0.1, 0.15) is 0 Å². The first kappa shape index (κ1) is 9.54. The average molecular weight is 213 g/mol. The van der Waals surface area contributed by atoms with E-state index in [1.807, 2.05) is 0 Å². The van der Waals surface area contributed by atoms with Gasteiger partial charge in [-0.25, -0.2) is 0 Å². The molecule has 0 radical (unpaired) electrons. The van der Waals surface area contributed by atoms with Crippen molar-refractivity contribution in [2.75, 3.05) is 13.1 Å². The van der Waals surface area contributed by atoms with Crippen LogP contribution in [0.3, 0.4) is 0 Å². The van der Waals surface area contributed by atoms with Gasteiger partial charge in [0.15, 0.2) is 5.69 Å². The van der Waals surface area contributed by atoms with Gasteiger partial charge in [-0.1, -0.05) is 4.49 Å². The summed E-state index contributed by atoms with van der Waals surface area (Å²) in [6.45, 7) is 2.70. The van der Waals surface area contributed by atoms with Crippen LogP contribution in [0, 0.1) is 0 Å². The molecule has 1 fully saturated rings. The fourth-order valence-electron chi connectivity index (χ4n) is 1.54. The Morgan fingerprint density at radius 1 is 1.79 bits per heavy atom. The molecule has 1 saturated heterocycles. The normalized spacial score (nSPS) is 26.9. The highest BCUT2D eigenvalue weighted by Crippen LogP contribution is 2.21. The maximum atomic E-state index is 11.7. The van der Waals surface area contributed by atoms with Crippen LogP contribution in [0.1, 0.15) is 23.8 Å². The van der Waals surface area contributed by atoms with Gasteiger partial charge in [-0.15, -0.1) is 5.10 Å². The van der Waals surface area contributed by atoms with Gasteiger partial charge >= 0.3 is 0 Å². The first-order valence-corrected chi connectivity index (χ1v) is 5.21. The van der Waals surface area contributed by atoms with Crippen LogP contribution in [0.5, 0.6) is 0 Å². The summed E-state index contributed by atoms with van der Waals surface area (Å²) in [5.74, 6) is -0.142. The predicted octanol–water partition coefficient (Wildman–Crippen LogP) is 0.135. The number of aromatic nitrogens is 2. The summed E-state index contributed by atoms with van der Waals surface area (Å²) in [4.78, 5) is 13.3. The predicted molar refractivity (Wildman–Crippen MR) is 51.1 cm³/mol. The summed E-state index contributed by atoms with van der Waals surface area (Å²) in [7, 11) is 0. The molecule has 2 heterocycles. The fraction of sp³-hybridized carbons (Fsp3) is 0.625. The van der Waals surface area contributed by atoms with Gasteiger partial charge in [-0.3, -0.25) is 4.79 Å². The Bertz CT molecular complexity index is 336. The molecule has 0 aliphatic carbocycles. The topological polar surface area (TPSA) is 66.3 Å². The Morgan fingerprint density at radius 3 is 3.07 bits per heavy atom. The number of hydrogen-bond acceptors (Lipinski definition) is 5. The summed E-state index contributed by atoms with van der Waals surface area (Å²) < 4.78 is 3.63. The summed E-state index contributed by atoms with van der Waals surface area (Å²) >= 11 is 1.16. The smallest absolute Gasteiger partial charge is 0.275 e. The van der Waals surface area contributed by atoms with E-state index in [-0.39, 0.29) is 5.91 Å². The number of β-amino-alcohol motifs (C(OH)–C–C–N with tert-alkyl or cyclic N) is 1. The van der Waals surface area contributed by atoms with E-state index in [9.17, 15) is 9.90 Å². The molecule has 76 valence electrons. The van der Waals surface area contributed by atoms with Crippen LogP contribution in [-0.4, -0.2) is 44.2 Å². The highest BCUT2D eigenvalue weighted by Gasteiger charge is 2.34. The van der Waals surface area contributed by atoms with Gasteiger partial charge in [0.05, 0.1) is 5.60 Å². The Morgan fingerprint density at radius 2 is 2.57 bits per heavy atom. The van der Waals surface area contributed by atoms with Crippen molar-refractivity contribution in [3.05, 3.63) is 11.1 Å². The molecule has 1 aliphatic rings. The Balaban J connectivity index is 2.08. The monoisotopic (exact) mass is 213 g/mol. The molecule has 1 N–H and O–H groups in total. The van der Waals surface area contributed by atoms with Crippen LogP contribution in [-0.2, 0) is 0 Å². The van der Waals surface area contributed by atoms with E-state index in [1.54, 1.807) is 17.2 Å². The zero-order valence-corrected chi connectivity index (χ0v) is 8.62. The van der Waals surface area contributed by atoms with Crippen molar-refractivity contribution in [1.82, 2.24) is 14.5 Å². The Kier molecular flexibility index (Phi) is 2.24. The lowest BCUT2D eigenvalue weighted by atomic mass is 10.1. The largest absolute Gasteiger partial charge is 0.388 e. The number of carbonyl (C=O) groups is 1. The van der Waals surface area contributed by atoms with Crippen molar-refractivity contribution in [2.24, 2.45) is 0 Å². The Hall–Kier alpha value is -1.01. The average Bonchev–Trinajstić information content (AvgIpc) is 2.72. The molecule has 1 atom stereocenters. The molecule has 1 aromatic rings. The summed E-state index contributed by atoms with van der Waals surface area (Å²) in [6, 6.07) is 0. The maximum Gasteiger partial charge on any atom is 0.275 e. The SMILES string of the molecule is CC1(O)CCN(C(=O)c2csnn2)C1. The number of nitrogens with zero attached hydrogens (tertiary/aromatic N) is 3. The second kappa shape index (κ2) is 3.29. The number of amides is 1. The van der Waals surface area contributed by atoms with E-state index >= 15 is 0 Å². The molecule has 0 saturated carbocycles. The molecular formula is C8H11N3O2S. The number of carbonyl (C=O) groups excluding carboxylic acids is 1. The Labute approximate surface area is 85.5 Å². The minimum Gasteiger partial charge on any atom is -0.388 e. The summed E-state index contributed by atoms with van der Waals surface area (Å²) in [5, 5.41) is 15.0. The summed E-state index contributed by atoms with van der Waals surface area (Å²) in [6.07, 6.45) is 0.621. The van der Waals surface area contributed by atoms with E-state index < -0.39 is 5.60 Å². The van der Waals surface area contributed by atoms with Crippen molar-refractivity contribution in [3.63, 3.8) is 0 Å². The second-order valence-corrected chi connectivity index (χ2v) is 4.37. The van der Waals surface area contributed by atoms with Gasteiger partial charge in [0.2, 0.25) is 0 Å². The number of hydrogen-bond donors (Lipinski definition) is 1. The molecule has 0 spiro atoms. The lowest BCUT2D eigenvalue weighted by Gasteiger charge is -2.17. The third-order valence-corrected chi connectivity index (χ3v) is 2.82. The van der Waals surface area contributed by atoms with E-state index in [2.05, 4.69) is 9.59 Å². The molecule has 0 bridgehead atoms. The number of likely N-dealkylation sites (tertiary alicyclic amines) is 1. The summed E-state index contributed by atoms with van der Waals surface area (Å²) in [5.41, 5.74) is -0.383. The molecule has 1 aromatic heterocycles. The van der Waals surface area contributed by atoms with Crippen LogP contribution in [0.25, 0.3) is 0 Å². The molecule has 1 unspecified atom stereocenters. The minimum atomic E-state index is -0.751. The van der Waals surface area contributed by atoms with E-state index in [0.717, 1.165) is 11.5 Å². The molecule has 14 heavy (non-hydrogen) atoms. The standard InChI is InChI=1S/C8H11N3O2S/c1-8(13)2-3-11(5-8)7(12)6-4-14-10-9-6/h4,13H,2-3,5H2,1H3. The van der Waals surface area contributed by atoms with Crippen LogP contribution in [0.2, 0.25) is 0 Å². The van der Waals surface area contributed by atoms with Crippen molar-refractivity contribution in [2.45, 2.75) is 18.9 Å². The third-order valence-electron chi connectivity index (χ3n) is 2.32. The van der Waals surface area contributed by atoms with Crippen LogP contribution < -0.4 is 0 Å². The lowest BCUT2D eigenvalue weighted by molar-refractivity contribution is 0.0569. The highest BCUT2D eigenvalue weighted by molar-refractivity contribution is 7.03. The van der Waals surface area contributed by atoms with Gasteiger partial charge in [0, 0.05) is 18.5 Å². The van der Waals surface area contributed by atoms with Gasteiger partial charge in [-0.05, 0) is 24.9 Å². The molecule has 0 aromatic carbocycles. The van der Waals surface area contributed by atoms with E-state index in [0.29, 0.717) is 25.2 Å². The maximum absolute atomic E-state index is 11.7. The van der Waals surface area contributed by atoms with E-state index in [1.165, 1.54) is 0 Å². The quantitative estimate of drug-likeness (QED) is 0.720. The molecule has 5 nitrogen and oxygen atoms in total. The van der Waals surface area contributed by atoms with E-state index in [4.69, 9.17) is 0 Å². The fourth-order valence-corrected chi connectivity index (χ4v) is 1.97. The molecule has 6 heteroatoms. The van der Waals surface area contributed by atoms with Crippen LogP contribution >= 0.6 is 11.5 Å².